The van der Waals surface area contributed by atoms with E-state index < -0.39 is 0 Å². The van der Waals surface area contributed by atoms with E-state index in [2.05, 4.69) is 27.0 Å². The highest BCUT2D eigenvalue weighted by molar-refractivity contribution is 7.99. The fourth-order valence-corrected chi connectivity index (χ4v) is 4.14. The molecule has 2 aromatic carbocycles. The van der Waals surface area contributed by atoms with Crippen molar-refractivity contribution in [3.8, 4) is 11.4 Å². The average Bonchev–Trinajstić information content (AvgIpc) is 3.22. The highest BCUT2D eigenvalue weighted by atomic mass is 32.2. The number of hydrogen-bond donors (Lipinski definition) is 1. The Morgan fingerprint density at radius 1 is 1.10 bits per heavy atom. The second-order valence-corrected chi connectivity index (χ2v) is 8.00. The van der Waals surface area contributed by atoms with E-state index in [1.807, 2.05) is 59.2 Å². The number of amides is 1. The van der Waals surface area contributed by atoms with Crippen molar-refractivity contribution in [3.05, 3.63) is 67.3 Å². The van der Waals surface area contributed by atoms with Gasteiger partial charge in [-0.25, -0.2) is 0 Å². The Morgan fingerprint density at radius 3 is 2.55 bits per heavy atom. The normalized spacial score (nSPS) is 13.7. The first-order chi connectivity index (χ1) is 15.2. The Bertz CT molecular complexity index is 1010. The molecule has 0 bridgehead atoms. The van der Waals surface area contributed by atoms with Gasteiger partial charge in [-0.2, -0.15) is 0 Å². The van der Waals surface area contributed by atoms with Gasteiger partial charge in [-0.1, -0.05) is 48.2 Å². The number of thioether (sulfide) groups is 1. The molecule has 31 heavy (non-hydrogen) atoms. The van der Waals surface area contributed by atoms with Gasteiger partial charge in [-0.05, 0) is 24.3 Å². The minimum absolute atomic E-state index is 0.0847. The SMILES string of the molecule is C=CCn1c(SCC(=O)Nc2ccc(N3CCOCC3)cc2)nnc1-c1ccccc1. The van der Waals surface area contributed by atoms with Gasteiger partial charge in [-0.3, -0.25) is 9.36 Å². The Balaban J connectivity index is 1.36. The summed E-state index contributed by atoms with van der Waals surface area (Å²) in [5, 5.41) is 12.2. The Morgan fingerprint density at radius 2 is 1.84 bits per heavy atom. The molecule has 7 nitrogen and oxygen atoms in total. The van der Waals surface area contributed by atoms with Gasteiger partial charge >= 0.3 is 0 Å². The van der Waals surface area contributed by atoms with Gasteiger partial charge in [0.15, 0.2) is 11.0 Å². The fraction of sp³-hybridized carbons (Fsp3) is 0.261. The van der Waals surface area contributed by atoms with E-state index in [1.165, 1.54) is 11.8 Å². The van der Waals surface area contributed by atoms with Crippen LogP contribution in [0.2, 0.25) is 0 Å². The molecule has 1 aliphatic heterocycles. The van der Waals surface area contributed by atoms with Gasteiger partial charge in [0.05, 0.1) is 19.0 Å². The molecule has 1 amide bonds. The summed E-state index contributed by atoms with van der Waals surface area (Å²) in [6.07, 6.45) is 1.80. The van der Waals surface area contributed by atoms with Crippen molar-refractivity contribution in [2.24, 2.45) is 0 Å². The number of rotatable bonds is 8. The zero-order valence-electron chi connectivity index (χ0n) is 17.2. The first kappa shape index (κ1) is 21.1. The van der Waals surface area contributed by atoms with Crippen molar-refractivity contribution in [1.29, 1.82) is 0 Å². The summed E-state index contributed by atoms with van der Waals surface area (Å²) in [4.78, 5) is 14.8. The summed E-state index contributed by atoms with van der Waals surface area (Å²) in [6.45, 7) is 7.67. The number of allylic oxidation sites excluding steroid dienone is 1. The number of anilines is 2. The van der Waals surface area contributed by atoms with Crippen molar-refractivity contribution in [1.82, 2.24) is 14.8 Å². The molecule has 0 aliphatic carbocycles. The zero-order chi connectivity index (χ0) is 21.5. The topological polar surface area (TPSA) is 72.3 Å². The van der Waals surface area contributed by atoms with Gasteiger partial charge in [0, 0.05) is 36.6 Å². The summed E-state index contributed by atoms with van der Waals surface area (Å²) < 4.78 is 7.36. The van der Waals surface area contributed by atoms with Crippen LogP contribution in [0.1, 0.15) is 0 Å². The maximum atomic E-state index is 12.5. The summed E-state index contributed by atoms with van der Waals surface area (Å²) in [6, 6.07) is 17.8. The van der Waals surface area contributed by atoms with E-state index in [9.17, 15) is 4.79 Å². The number of ether oxygens (including phenoxy) is 1. The number of nitrogens with one attached hydrogen (secondary N) is 1. The Hall–Kier alpha value is -3.10. The molecule has 1 fully saturated rings. The average molecular weight is 436 g/mol. The molecule has 2 heterocycles. The van der Waals surface area contributed by atoms with Crippen LogP contribution in [0.25, 0.3) is 11.4 Å². The lowest BCUT2D eigenvalue weighted by molar-refractivity contribution is -0.113. The van der Waals surface area contributed by atoms with Crippen molar-refractivity contribution in [3.63, 3.8) is 0 Å². The minimum atomic E-state index is -0.0847. The summed E-state index contributed by atoms with van der Waals surface area (Å²) >= 11 is 1.36. The van der Waals surface area contributed by atoms with Crippen LogP contribution in [0.4, 0.5) is 11.4 Å². The molecule has 0 unspecified atom stereocenters. The number of hydrogen-bond acceptors (Lipinski definition) is 6. The number of carbonyl (C=O) groups is 1. The molecule has 0 spiro atoms. The largest absolute Gasteiger partial charge is 0.378 e. The van der Waals surface area contributed by atoms with Gasteiger partial charge in [0.2, 0.25) is 5.91 Å². The number of carbonyl (C=O) groups excluding carboxylic acids is 1. The monoisotopic (exact) mass is 435 g/mol. The predicted octanol–water partition coefficient (Wildman–Crippen LogP) is 3.70. The summed E-state index contributed by atoms with van der Waals surface area (Å²) in [5.41, 5.74) is 2.90. The van der Waals surface area contributed by atoms with Crippen LogP contribution in [0, 0.1) is 0 Å². The molecule has 4 rings (SSSR count). The molecule has 1 aliphatic rings. The molecule has 0 atom stereocenters. The Labute approximate surface area is 186 Å². The van der Waals surface area contributed by atoms with Gasteiger partial charge in [0.25, 0.3) is 0 Å². The quantitative estimate of drug-likeness (QED) is 0.430. The number of morpholine rings is 1. The third-order valence-electron chi connectivity index (χ3n) is 4.92. The molecular formula is C23H25N5O2S. The summed E-state index contributed by atoms with van der Waals surface area (Å²) in [5.74, 6) is 0.926. The van der Waals surface area contributed by atoms with Crippen LogP contribution in [0.5, 0.6) is 0 Å². The van der Waals surface area contributed by atoms with E-state index in [0.717, 1.165) is 49.1 Å². The van der Waals surface area contributed by atoms with Crippen molar-refractivity contribution in [2.45, 2.75) is 11.7 Å². The lowest BCUT2D eigenvalue weighted by atomic mass is 10.2. The third kappa shape index (κ3) is 5.34. The van der Waals surface area contributed by atoms with Crippen LogP contribution < -0.4 is 10.2 Å². The lowest BCUT2D eigenvalue weighted by Gasteiger charge is -2.28. The smallest absolute Gasteiger partial charge is 0.234 e. The van der Waals surface area contributed by atoms with Crippen LogP contribution in [0.15, 0.2) is 72.4 Å². The number of aromatic nitrogens is 3. The standard InChI is InChI=1S/C23H25N5O2S/c1-2-12-28-22(18-6-4-3-5-7-18)25-26-23(28)31-17-21(29)24-19-8-10-20(11-9-19)27-13-15-30-16-14-27/h2-11H,1,12-17H2,(H,24,29). The molecule has 0 radical (unpaired) electrons. The summed E-state index contributed by atoms with van der Waals surface area (Å²) in [7, 11) is 0. The maximum Gasteiger partial charge on any atom is 0.234 e. The maximum absolute atomic E-state index is 12.5. The molecule has 1 N–H and O–H groups in total. The number of benzene rings is 2. The van der Waals surface area contributed by atoms with Gasteiger partial charge in [0.1, 0.15) is 0 Å². The molecular weight excluding hydrogens is 410 g/mol. The number of nitrogens with zero attached hydrogens (tertiary/aromatic N) is 4. The van der Waals surface area contributed by atoms with Crippen molar-refractivity contribution in [2.75, 3.05) is 42.3 Å². The van der Waals surface area contributed by atoms with Crippen LogP contribution in [-0.4, -0.2) is 52.7 Å². The van der Waals surface area contributed by atoms with Crippen LogP contribution in [-0.2, 0) is 16.1 Å². The minimum Gasteiger partial charge on any atom is -0.378 e. The van der Waals surface area contributed by atoms with E-state index in [0.29, 0.717) is 11.7 Å². The predicted molar refractivity (Wildman–Crippen MR) is 124 cm³/mol. The Kier molecular flexibility index (Phi) is 7.01. The zero-order valence-corrected chi connectivity index (χ0v) is 18.1. The molecule has 1 saturated heterocycles. The van der Waals surface area contributed by atoms with Crippen molar-refractivity contribution < 1.29 is 9.53 Å². The third-order valence-corrected chi connectivity index (χ3v) is 5.89. The van der Waals surface area contributed by atoms with E-state index in [1.54, 1.807) is 6.08 Å². The van der Waals surface area contributed by atoms with Gasteiger partial charge < -0.3 is 15.0 Å². The van der Waals surface area contributed by atoms with E-state index >= 15 is 0 Å². The molecule has 3 aromatic rings. The molecule has 8 heteroatoms. The van der Waals surface area contributed by atoms with Crippen LogP contribution >= 0.6 is 11.8 Å². The lowest BCUT2D eigenvalue weighted by Crippen LogP contribution is -2.36. The van der Waals surface area contributed by atoms with Gasteiger partial charge in [-0.15, -0.1) is 16.8 Å². The van der Waals surface area contributed by atoms with E-state index in [4.69, 9.17) is 4.74 Å². The van der Waals surface area contributed by atoms with Crippen LogP contribution in [0.3, 0.4) is 0 Å². The molecule has 1 aromatic heterocycles. The first-order valence-corrected chi connectivity index (χ1v) is 11.2. The van der Waals surface area contributed by atoms with Crippen molar-refractivity contribution >= 4 is 29.0 Å². The highest BCUT2D eigenvalue weighted by Gasteiger charge is 2.15. The first-order valence-electron chi connectivity index (χ1n) is 10.2. The highest BCUT2D eigenvalue weighted by Crippen LogP contribution is 2.24. The van der Waals surface area contributed by atoms with E-state index in [-0.39, 0.29) is 11.7 Å². The fourth-order valence-electron chi connectivity index (χ4n) is 3.39. The second kappa shape index (κ2) is 10.3. The molecule has 160 valence electrons. The molecule has 0 saturated carbocycles. The second-order valence-electron chi connectivity index (χ2n) is 7.05.